The smallest absolute Gasteiger partial charge is 0.417 e. The van der Waals surface area contributed by atoms with Crippen LogP contribution in [0.1, 0.15) is 18.9 Å². The molecule has 1 aromatic heterocycles. The van der Waals surface area contributed by atoms with Crippen molar-refractivity contribution in [2.75, 3.05) is 6.61 Å². The molecule has 0 spiro atoms. The molecule has 3 rings (SSSR count). The van der Waals surface area contributed by atoms with E-state index in [1.807, 2.05) is 0 Å². The van der Waals surface area contributed by atoms with Gasteiger partial charge in [-0.3, -0.25) is 4.79 Å². The topological polar surface area (TPSA) is 196 Å². The molecule has 1 saturated heterocycles. The first-order valence-corrected chi connectivity index (χ1v) is 10.4. The second-order valence-corrected chi connectivity index (χ2v) is 8.12. The largest absolute Gasteiger partial charge is 0.476 e. The van der Waals surface area contributed by atoms with Crippen LogP contribution in [0.3, 0.4) is 0 Å². The quantitative estimate of drug-likeness (QED) is 0.253. The van der Waals surface area contributed by atoms with Crippen molar-refractivity contribution < 1.29 is 62.2 Å². The lowest BCUT2D eigenvalue weighted by atomic mass is 9.88. The van der Waals surface area contributed by atoms with E-state index >= 15 is 0 Å². The lowest BCUT2D eigenvalue weighted by Crippen LogP contribution is -2.68. The van der Waals surface area contributed by atoms with Crippen LogP contribution in [0.5, 0.6) is 5.75 Å². The molecule has 36 heavy (non-hydrogen) atoms. The van der Waals surface area contributed by atoms with Gasteiger partial charge in [-0.25, -0.2) is 9.59 Å². The van der Waals surface area contributed by atoms with Crippen LogP contribution in [0.2, 0.25) is 0 Å². The highest BCUT2D eigenvalue weighted by Gasteiger charge is 2.56. The Kier molecular flexibility index (Phi) is 7.61. The van der Waals surface area contributed by atoms with Gasteiger partial charge in [-0.1, -0.05) is 0 Å². The van der Waals surface area contributed by atoms with E-state index in [4.69, 9.17) is 19.0 Å². The van der Waals surface area contributed by atoms with Crippen molar-refractivity contribution in [3.05, 3.63) is 40.2 Å². The molecule has 1 fully saturated rings. The fraction of sp³-hybridized carbons (Fsp3) is 0.476. The molecule has 6 N–H and O–H groups in total. The standard InChI is InChI=1S/C21H22F3NO11/c1-8(27)25-16-12(28)6-20(19(32)33,36-18(16)17(31)13(29)7-26)35-9-2-3-10-11(21(22,23)24)5-15(30)34-14(10)4-9/h2-5,12-13,16-18,26,28-29,31H,6-7H2,1H3,(H,25,27)(H,32,33)/t12-,13+,16+,17+,18+,20+/m0/s1. The van der Waals surface area contributed by atoms with Crippen LogP contribution in [0, 0.1) is 0 Å². The summed E-state index contributed by atoms with van der Waals surface area (Å²) in [5.74, 6) is -5.78. The number of alkyl halides is 3. The van der Waals surface area contributed by atoms with Crippen molar-refractivity contribution in [3.63, 3.8) is 0 Å². The number of carbonyl (C=O) groups excluding carboxylic acids is 1. The zero-order valence-corrected chi connectivity index (χ0v) is 18.4. The van der Waals surface area contributed by atoms with Gasteiger partial charge < -0.3 is 44.7 Å². The summed E-state index contributed by atoms with van der Waals surface area (Å²) < 4.78 is 55.5. The van der Waals surface area contributed by atoms with Crippen LogP contribution in [-0.4, -0.2) is 80.3 Å². The van der Waals surface area contributed by atoms with E-state index in [1.165, 1.54) is 0 Å². The maximum atomic E-state index is 13.3. The number of benzene rings is 1. The van der Waals surface area contributed by atoms with Crippen molar-refractivity contribution in [2.24, 2.45) is 0 Å². The number of nitrogens with one attached hydrogen (secondary N) is 1. The molecule has 15 heteroatoms. The molecule has 0 saturated carbocycles. The number of carbonyl (C=O) groups is 2. The summed E-state index contributed by atoms with van der Waals surface area (Å²) in [4.78, 5) is 35.4. The molecule has 0 unspecified atom stereocenters. The molecule has 0 aliphatic carbocycles. The third-order valence-corrected chi connectivity index (χ3v) is 5.49. The Morgan fingerprint density at radius 3 is 2.50 bits per heavy atom. The van der Waals surface area contributed by atoms with Gasteiger partial charge in [-0.15, -0.1) is 0 Å². The van der Waals surface area contributed by atoms with Crippen LogP contribution in [0.4, 0.5) is 13.2 Å². The fourth-order valence-electron chi connectivity index (χ4n) is 3.86. The van der Waals surface area contributed by atoms with E-state index in [0.717, 1.165) is 25.1 Å². The molecular weight excluding hydrogens is 499 g/mol. The van der Waals surface area contributed by atoms with E-state index in [-0.39, 0.29) is 6.07 Å². The first-order valence-electron chi connectivity index (χ1n) is 10.4. The number of fused-ring (bicyclic) bond motifs is 1. The van der Waals surface area contributed by atoms with Crippen LogP contribution in [0.15, 0.2) is 33.5 Å². The number of ether oxygens (including phenoxy) is 2. The second-order valence-electron chi connectivity index (χ2n) is 8.12. The first kappa shape index (κ1) is 27.3. The van der Waals surface area contributed by atoms with Crippen LogP contribution < -0.4 is 15.7 Å². The Labute approximate surface area is 199 Å². The average molecular weight is 521 g/mol. The monoisotopic (exact) mass is 521 g/mol. The molecule has 1 aliphatic heterocycles. The van der Waals surface area contributed by atoms with Gasteiger partial charge in [0.1, 0.15) is 29.6 Å². The summed E-state index contributed by atoms with van der Waals surface area (Å²) in [5.41, 5.74) is -3.21. The Bertz CT molecular complexity index is 1200. The molecule has 1 amide bonds. The Balaban J connectivity index is 2.05. The van der Waals surface area contributed by atoms with E-state index in [2.05, 4.69) is 5.32 Å². The van der Waals surface area contributed by atoms with E-state index in [1.54, 1.807) is 0 Å². The number of amides is 1. The molecule has 12 nitrogen and oxygen atoms in total. The van der Waals surface area contributed by atoms with Crippen molar-refractivity contribution >= 4 is 22.8 Å². The molecule has 0 radical (unpaired) electrons. The van der Waals surface area contributed by atoms with Crippen LogP contribution in [-0.2, 0) is 20.5 Å². The summed E-state index contributed by atoms with van der Waals surface area (Å²) >= 11 is 0. The Hall–Kier alpha value is -3.24. The molecule has 6 atom stereocenters. The molecule has 0 bridgehead atoms. The summed E-state index contributed by atoms with van der Waals surface area (Å²) in [5, 5.41) is 51.7. The third-order valence-electron chi connectivity index (χ3n) is 5.49. The molecule has 1 aliphatic rings. The number of aliphatic hydroxyl groups excluding tert-OH is 4. The number of hydrogen-bond acceptors (Lipinski definition) is 10. The van der Waals surface area contributed by atoms with Crippen molar-refractivity contribution in [2.45, 2.75) is 55.8 Å². The zero-order valence-electron chi connectivity index (χ0n) is 18.4. The summed E-state index contributed by atoms with van der Waals surface area (Å²) in [6.45, 7) is 0.0718. The predicted molar refractivity (Wildman–Crippen MR) is 111 cm³/mol. The van der Waals surface area contributed by atoms with Gasteiger partial charge >= 0.3 is 23.6 Å². The average Bonchev–Trinajstić information content (AvgIpc) is 2.77. The van der Waals surface area contributed by atoms with Crippen molar-refractivity contribution in [3.8, 4) is 5.75 Å². The summed E-state index contributed by atoms with van der Waals surface area (Å²) in [6.07, 6.45) is -13.2. The van der Waals surface area contributed by atoms with Gasteiger partial charge in [0.2, 0.25) is 5.91 Å². The predicted octanol–water partition coefficient (Wildman–Crippen LogP) is -0.660. The zero-order chi connectivity index (χ0) is 27.0. The number of aliphatic hydroxyl groups is 4. The number of carboxylic acids is 1. The van der Waals surface area contributed by atoms with Gasteiger partial charge in [0.05, 0.1) is 30.7 Å². The van der Waals surface area contributed by atoms with E-state index in [0.29, 0.717) is 0 Å². The number of hydrogen-bond donors (Lipinski definition) is 6. The first-order chi connectivity index (χ1) is 16.7. The SMILES string of the molecule is CC(=O)N[C@H]1[C@H]([C@H](O)[C@H](O)CO)O[C@@](Oc2ccc3c(C(F)(F)F)cc(=O)oc3c2)(C(=O)O)C[C@@H]1O. The highest BCUT2D eigenvalue weighted by molar-refractivity contribution is 5.82. The maximum absolute atomic E-state index is 13.3. The lowest BCUT2D eigenvalue weighted by molar-refractivity contribution is -0.284. The van der Waals surface area contributed by atoms with E-state index in [9.17, 15) is 48.0 Å². The molecule has 1 aromatic carbocycles. The highest BCUT2D eigenvalue weighted by Crippen LogP contribution is 2.38. The number of halogens is 3. The van der Waals surface area contributed by atoms with Gasteiger partial charge in [-0.2, -0.15) is 13.2 Å². The molecular formula is C21H22F3NO11. The summed E-state index contributed by atoms with van der Waals surface area (Å²) in [7, 11) is 0. The number of aliphatic carboxylic acids is 1. The molecule has 2 heterocycles. The van der Waals surface area contributed by atoms with Crippen LogP contribution in [0.25, 0.3) is 11.0 Å². The van der Waals surface area contributed by atoms with Gasteiger partial charge in [0.25, 0.3) is 0 Å². The minimum atomic E-state index is -4.90. The Morgan fingerprint density at radius 2 is 1.94 bits per heavy atom. The molecule has 2 aromatic rings. The van der Waals surface area contributed by atoms with Gasteiger partial charge in [-0.05, 0) is 12.1 Å². The Morgan fingerprint density at radius 1 is 1.28 bits per heavy atom. The van der Waals surface area contributed by atoms with Gasteiger partial charge in [0, 0.05) is 24.4 Å². The summed E-state index contributed by atoms with van der Waals surface area (Å²) in [6, 6.07) is 1.42. The van der Waals surface area contributed by atoms with Gasteiger partial charge in [0.15, 0.2) is 0 Å². The second kappa shape index (κ2) is 10.0. The number of rotatable bonds is 7. The van der Waals surface area contributed by atoms with Crippen molar-refractivity contribution in [1.82, 2.24) is 5.32 Å². The lowest BCUT2D eigenvalue weighted by Gasteiger charge is -2.46. The normalized spacial score (nSPS) is 26.3. The maximum Gasteiger partial charge on any atom is 0.417 e. The minimum absolute atomic E-state index is 0.253. The minimum Gasteiger partial charge on any atom is -0.476 e. The van der Waals surface area contributed by atoms with E-state index < -0.39 is 95.2 Å². The van der Waals surface area contributed by atoms with Crippen molar-refractivity contribution in [1.29, 1.82) is 0 Å². The highest BCUT2D eigenvalue weighted by atomic mass is 19.4. The third kappa shape index (κ3) is 5.44. The molecule has 198 valence electrons. The fourth-order valence-corrected chi connectivity index (χ4v) is 3.86. The number of carboxylic acid groups (broad SMARTS) is 1. The van der Waals surface area contributed by atoms with Crippen LogP contribution >= 0.6 is 0 Å².